The van der Waals surface area contributed by atoms with Gasteiger partial charge in [-0.15, -0.1) is 0 Å². The molecule has 1 saturated heterocycles. The molecular formula is C22H24ClN3O4S. The number of carbonyl (C=O) groups is 2. The van der Waals surface area contributed by atoms with Crippen LogP contribution in [0.2, 0.25) is 5.02 Å². The molecule has 2 aromatic carbocycles. The Labute approximate surface area is 191 Å². The van der Waals surface area contributed by atoms with E-state index in [1.807, 2.05) is 18.2 Å². The zero-order valence-electron chi connectivity index (χ0n) is 17.6. The summed E-state index contributed by atoms with van der Waals surface area (Å²) in [7, 11) is 4.86. The molecule has 0 radical (unpaired) electrons. The standard InChI is InChI=1S/C22H24ClN3O4S/c1-24-22(31)25(11-10-14-4-9-18(29-2)19(12-14)30-3)17-13-20(27)26(21(17)28)16-7-5-15(23)6-8-16/h4-9,12,17H,10-11,13H2,1-3H3,(H,24,31)/t17-/m0/s1. The number of amides is 2. The van der Waals surface area contributed by atoms with Gasteiger partial charge >= 0.3 is 0 Å². The van der Waals surface area contributed by atoms with Crippen molar-refractivity contribution in [2.24, 2.45) is 0 Å². The fourth-order valence-corrected chi connectivity index (χ4v) is 3.89. The van der Waals surface area contributed by atoms with Crippen LogP contribution in [-0.4, -0.2) is 55.7 Å². The summed E-state index contributed by atoms with van der Waals surface area (Å²) < 4.78 is 10.6. The number of benzene rings is 2. The number of hydrogen-bond donors (Lipinski definition) is 1. The van der Waals surface area contributed by atoms with Gasteiger partial charge in [-0.25, -0.2) is 4.90 Å². The average molecular weight is 462 g/mol. The SMILES string of the molecule is CNC(=S)N(CCc1ccc(OC)c(OC)c1)[C@H]1CC(=O)N(c2ccc(Cl)cc2)C1=O. The van der Waals surface area contributed by atoms with Crippen molar-refractivity contribution in [2.75, 3.05) is 32.7 Å². The fourth-order valence-electron chi connectivity index (χ4n) is 3.55. The predicted octanol–water partition coefficient (Wildman–Crippen LogP) is 3.04. The topological polar surface area (TPSA) is 71.1 Å². The summed E-state index contributed by atoms with van der Waals surface area (Å²) in [4.78, 5) is 28.8. The number of rotatable bonds is 7. The molecule has 1 heterocycles. The highest BCUT2D eigenvalue weighted by atomic mass is 35.5. The number of nitrogens with zero attached hydrogens (tertiary/aromatic N) is 2. The maximum absolute atomic E-state index is 13.2. The van der Waals surface area contributed by atoms with Gasteiger partial charge in [-0.05, 0) is 60.6 Å². The van der Waals surface area contributed by atoms with E-state index in [1.165, 1.54) is 4.90 Å². The van der Waals surface area contributed by atoms with E-state index in [1.54, 1.807) is 50.4 Å². The van der Waals surface area contributed by atoms with E-state index >= 15 is 0 Å². The van der Waals surface area contributed by atoms with Crippen LogP contribution in [-0.2, 0) is 16.0 Å². The molecule has 31 heavy (non-hydrogen) atoms. The van der Waals surface area contributed by atoms with E-state index in [0.29, 0.717) is 40.3 Å². The number of ether oxygens (including phenoxy) is 2. The zero-order valence-corrected chi connectivity index (χ0v) is 19.1. The lowest BCUT2D eigenvalue weighted by Gasteiger charge is -2.29. The smallest absolute Gasteiger partial charge is 0.257 e. The first kappa shape index (κ1) is 22.8. The molecule has 3 rings (SSSR count). The Morgan fingerprint density at radius 2 is 1.84 bits per heavy atom. The first-order valence-electron chi connectivity index (χ1n) is 9.71. The molecule has 1 N–H and O–H groups in total. The van der Waals surface area contributed by atoms with Crippen LogP contribution in [0.5, 0.6) is 11.5 Å². The van der Waals surface area contributed by atoms with Gasteiger partial charge in [-0.1, -0.05) is 17.7 Å². The normalized spacial score (nSPS) is 15.7. The van der Waals surface area contributed by atoms with Gasteiger partial charge in [-0.2, -0.15) is 0 Å². The zero-order chi connectivity index (χ0) is 22.5. The maximum atomic E-state index is 13.2. The molecule has 9 heteroatoms. The maximum Gasteiger partial charge on any atom is 0.257 e. The Balaban J connectivity index is 1.79. The molecule has 1 aliphatic heterocycles. The van der Waals surface area contributed by atoms with Crippen LogP contribution in [0, 0.1) is 0 Å². The van der Waals surface area contributed by atoms with E-state index < -0.39 is 6.04 Å². The van der Waals surface area contributed by atoms with E-state index in [4.69, 9.17) is 33.3 Å². The van der Waals surface area contributed by atoms with Crippen LogP contribution in [0.3, 0.4) is 0 Å². The summed E-state index contributed by atoms with van der Waals surface area (Å²) in [5, 5.41) is 3.87. The second-order valence-corrected chi connectivity index (χ2v) is 7.77. The third-order valence-electron chi connectivity index (χ3n) is 5.15. The Morgan fingerprint density at radius 3 is 2.45 bits per heavy atom. The third kappa shape index (κ3) is 4.91. The molecule has 164 valence electrons. The third-order valence-corrected chi connectivity index (χ3v) is 5.84. The van der Waals surface area contributed by atoms with Crippen LogP contribution in [0.4, 0.5) is 5.69 Å². The highest BCUT2D eigenvalue weighted by Crippen LogP contribution is 2.29. The molecule has 0 bridgehead atoms. The highest BCUT2D eigenvalue weighted by Gasteiger charge is 2.43. The van der Waals surface area contributed by atoms with E-state index in [0.717, 1.165) is 5.56 Å². The van der Waals surface area contributed by atoms with Crippen LogP contribution >= 0.6 is 23.8 Å². The van der Waals surface area contributed by atoms with Gasteiger partial charge in [0.2, 0.25) is 5.91 Å². The first-order chi connectivity index (χ1) is 14.9. The van der Waals surface area contributed by atoms with Gasteiger partial charge in [0, 0.05) is 18.6 Å². The van der Waals surface area contributed by atoms with E-state index in [9.17, 15) is 9.59 Å². The van der Waals surface area contributed by atoms with Crippen molar-refractivity contribution in [3.8, 4) is 11.5 Å². The lowest BCUT2D eigenvalue weighted by Crippen LogP contribution is -2.49. The number of anilines is 1. The minimum Gasteiger partial charge on any atom is -0.493 e. The van der Waals surface area contributed by atoms with Gasteiger partial charge in [0.25, 0.3) is 5.91 Å². The first-order valence-corrected chi connectivity index (χ1v) is 10.5. The van der Waals surface area contributed by atoms with Crippen molar-refractivity contribution >= 4 is 46.4 Å². The van der Waals surface area contributed by atoms with Crippen LogP contribution < -0.4 is 19.7 Å². The quantitative estimate of drug-likeness (QED) is 0.502. The van der Waals surface area contributed by atoms with E-state index in [2.05, 4.69) is 5.32 Å². The molecule has 2 aromatic rings. The lowest BCUT2D eigenvalue weighted by atomic mass is 10.1. The van der Waals surface area contributed by atoms with Crippen molar-refractivity contribution < 1.29 is 19.1 Å². The summed E-state index contributed by atoms with van der Waals surface area (Å²) in [5.41, 5.74) is 1.49. The summed E-state index contributed by atoms with van der Waals surface area (Å²) in [6.45, 7) is 0.452. The number of methoxy groups -OCH3 is 2. The lowest BCUT2D eigenvalue weighted by molar-refractivity contribution is -0.122. The van der Waals surface area contributed by atoms with Crippen molar-refractivity contribution in [1.29, 1.82) is 0 Å². The fraction of sp³-hybridized carbons (Fsp3) is 0.318. The minimum absolute atomic E-state index is 0.0508. The Hall–Kier alpha value is -2.84. The minimum atomic E-state index is -0.678. The summed E-state index contributed by atoms with van der Waals surface area (Å²) >= 11 is 11.4. The van der Waals surface area contributed by atoms with Crippen LogP contribution in [0.25, 0.3) is 0 Å². The molecule has 0 spiro atoms. The molecule has 0 aliphatic carbocycles. The van der Waals surface area contributed by atoms with Gasteiger partial charge in [0.15, 0.2) is 16.6 Å². The predicted molar refractivity (Wildman–Crippen MR) is 124 cm³/mol. The number of carbonyl (C=O) groups excluding carboxylic acids is 2. The summed E-state index contributed by atoms with van der Waals surface area (Å²) in [6, 6.07) is 11.6. The molecule has 7 nitrogen and oxygen atoms in total. The van der Waals surface area contributed by atoms with Crippen molar-refractivity contribution in [2.45, 2.75) is 18.9 Å². The van der Waals surface area contributed by atoms with Gasteiger partial charge in [0.1, 0.15) is 6.04 Å². The van der Waals surface area contributed by atoms with Crippen molar-refractivity contribution in [3.63, 3.8) is 0 Å². The molecule has 1 fully saturated rings. The Morgan fingerprint density at radius 1 is 1.16 bits per heavy atom. The van der Waals surface area contributed by atoms with Gasteiger partial charge < -0.3 is 19.7 Å². The van der Waals surface area contributed by atoms with Gasteiger partial charge in [0.05, 0.1) is 26.3 Å². The molecule has 1 aliphatic rings. The number of halogens is 1. The molecule has 0 aromatic heterocycles. The second-order valence-electron chi connectivity index (χ2n) is 6.95. The summed E-state index contributed by atoms with van der Waals surface area (Å²) in [5.74, 6) is 0.692. The molecule has 0 unspecified atom stereocenters. The number of thiocarbonyl (C=S) groups is 1. The largest absolute Gasteiger partial charge is 0.493 e. The summed E-state index contributed by atoms with van der Waals surface area (Å²) in [6.07, 6.45) is 0.649. The van der Waals surface area contributed by atoms with Crippen molar-refractivity contribution in [3.05, 3.63) is 53.1 Å². The van der Waals surface area contributed by atoms with E-state index in [-0.39, 0.29) is 18.2 Å². The molecular weight excluding hydrogens is 438 g/mol. The second kappa shape index (κ2) is 9.98. The Bertz CT molecular complexity index is 983. The van der Waals surface area contributed by atoms with Crippen LogP contribution in [0.1, 0.15) is 12.0 Å². The number of imide groups is 1. The molecule has 0 saturated carbocycles. The van der Waals surface area contributed by atoms with Gasteiger partial charge in [-0.3, -0.25) is 9.59 Å². The van der Waals surface area contributed by atoms with Crippen molar-refractivity contribution in [1.82, 2.24) is 10.2 Å². The highest BCUT2D eigenvalue weighted by molar-refractivity contribution is 7.80. The monoisotopic (exact) mass is 461 g/mol. The average Bonchev–Trinajstić information content (AvgIpc) is 3.07. The number of hydrogen-bond acceptors (Lipinski definition) is 5. The molecule has 1 atom stereocenters. The van der Waals surface area contributed by atoms with Crippen LogP contribution in [0.15, 0.2) is 42.5 Å². The molecule has 2 amide bonds. The number of nitrogens with one attached hydrogen (secondary N) is 1. The Kier molecular flexibility index (Phi) is 7.35.